The lowest BCUT2D eigenvalue weighted by atomic mass is 10.0. The van der Waals surface area contributed by atoms with Crippen LogP contribution in [0.3, 0.4) is 0 Å². The average molecular weight is 335 g/mol. The highest BCUT2D eigenvalue weighted by Crippen LogP contribution is 2.34. The number of ether oxygens (including phenoxy) is 1. The van der Waals surface area contributed by atoms with Gasteiger partial charge in [-0.3, -0.25) is 4.79 Å². The van der Waals surface area contributed by atoms with E-state index in [9.17, 15) is 4.79 Å². The fourth-order valence-corrected chi connectivity index (χ4v) is 3.54. The Morgan fingerprint density at radius 3 is 2.76 bits per heavy atom. The molecule has 2 heterocycles. The van der Waals surface area contributed by atoms with Gasteiger partial charge in [0.05, 0.1) is 12.6 Å². The van der Waals surface area contributed by atoms with Gasteiger partial charge in [0.2, 0.25) is 0 Å². The second kappa shape index (κ2) is 6.63. The first-order valence-corrected chi connectivity index (χ1v) is 8.78. The third kappa shape index (κ3) is 3.00. The van der Waals surface area contributed by atoms with Gasteiger partial charge in [0.15, 0.2) is 5.76 Å². The predicted molar refractivity (Wildman–Crippen MR) is 96.8 cm³/mol. The van der Waals surface area contributed by atoms with Crippen molar-refractivity contribution >= 4 is 16.9 Å². The van der Waals surface area contributed by atoms with Crippen molar-refractivity contribution in [2.24, 2.45) is 0 Å². The number of hydrogen-bond donors (Lipinski definition) is 0. The summed E-state index contributed by atoms with van der Waals surface area (Å²) in [4.78, 5) is 14.9. The Labute approximate surface area is 147 Å². The predicted octanol–water partition coefficient (Wildman–Crippen LogP) is 4.81. The molecule has 0 N–H and O–H groups in total. The van der Waals surface area contributed by atoms with Crippen LogP contribution in [0, 0.1) is 0 Å². The number of fused-ring (bicyclic) bond motifs is 1. The van der Waals surface area contributed by atoms with Gasteiger partial charge < -0.3 is 14.1 Å². The number of furan rings is 1. The van der Waals surface area contributed by atoms with Crippen LogP contribution in [0.25, 0.3) is 11.0 Å². The summed E-state index contributed by atoms with van der Waals surface area (Å²) in [7, 11) is 0. The van der Waals surface area contributed by atoms with Crippen LogP contribution in [0.15, 0.2) is 59.0 Å². The average Bonchev–Trinajstić information content (AvgIpc) is 3.29. The van der Waals surface area contributed by atoms with E-state index in [4.69, 9.17) is 9.15 Å². The molecule has 1 fully saturated rings. The number of amides is 1. The SMILES string of the molecule is CCOc1ccc([C@H]2CCCN2C(=O)c2cc3ccccc3o2)cc1. The molecular weight excluding hydrogens is 314 g/mol. The molecule has 0 radical (unpaired) electrons. The van der Waals surface area contributed by atoms with Crippen LogP contribution in [-0.4, -0.2) is 24.0 Å². The maximum Gasteiger partial charge on any atom is 0.290 e. The van der Waals surface area contributed by atoms with Gasteiger partial charge in [0.1, 0.15) is 11.3 Å². The summed E-state index contributed by atoms with van der Waals surface area (Å²) in [6.45, 7) is 3.38. The normalized spacial score (nSPS) is 17.2. The maximum absolute atomic E-state index is 13.0. The monoisotopic (exact) mass is 335 g/mol. The molecule has 128 valence electrons. The minimum atomic E-state index is -0.0346. The van der Waals surface area contributed by atoms with Gasteiger partial charge in [0, 0.05) is 11.9 Å². The van der Waals surface area contributed by atoms with E-state index in [1.165, 1.54) is 0 Å². The van der Waals surface area contributed by atoms with Crippen LogP contribution in [0.1, 0.15) is 41.9 Å². The molecule has 0 aliphatic carbocycles. The smallest absolute Gasteiger partial charge is 0.290 e. The summed E-state index contributed by atoms with van der Waals surface area (Å²) in [5, 5.41) is 0.961. The number of hydrogen-bond acceptors (Lipinski definition) is 3. The summed E-state index contributed by atoms with van der Waals surface area (Å²) >= 11 is 0. The summed E-state index contributed by atoms with van der Waals surface area (Å²) in [5.74, 6) is 1.24. The van der Waals surface area contributed by atoms with Gasteiger partial charge in [-0.15, -0.1) is 0 Å². The number of carbonyl (C=O) groups is 1. The largest absolute Gasteiger partial charge is 0.494 e. The highest BCUT2D eigenvalue weighted by molar-refractivity contribution is 5.96. The van der Waals surface area contributed by atoms with Crippen LogP contribution >= 0.6 is 0 Å². The lowest BCUT2D eigenvalue weighted by Crippen LogP contribution is -2.30. The first kappa shape index (κ1) is 15.8. The van der Waals surface area contributed by atoms with Gasteiger partial charge in [-0.1, -0.05) is 30.3 Å². The highest BCUT2D eigenvalue weighted by atomic mass is 16.5. The molecule has 4 heteroatoms. The van der Waals surface area contributed by atoms with Crippen molar-refractivity contribution in [3.63, 3.8) is 0 Å². The lowest BCUT2D eigenvalue weighted by Gasteiger charge is -2.24. The van der Waals surface area contributed by atoms with Gasteiger partial charge in [0.25, 0.3) is 5.91 Å². The van der Waals surface area contributed by atoms with E-state index in [0.717, 1.165) is 41.7 Å². The minimum absolute atomic E-state index is 0.0346. The molecule has 3 aromatic rings. The van der Waals surface area contributed by atoms with Crippen LogP contribution < -0.4 is 4.74 Å². The molecule has 1 saturated heterocycles. The Kier molecular flexibility index (Phi) is 4.18. The van der Waals surface area contributed by atoms with Gasteiger partial charge in [-0.25, -0.2) is 0 Å². The quantitative estimate of drug-likeness (QED) is 0.687. The molecule has 4 nitrogen and oxygen atoms in total. The number of likely N-dealkylation sites (tertiary alicyclic amines) is 1. The Morgan fingerprint density at radius 1 is 1.20 bits per heavy atom. The molecule has 0 spiro atoms. The maximum atomic E-state index is 13.0. The third-order valence-corrected chi connectivity index (χ3v) is 4.73. The van der Waals surface area contributed by atoms with Crippen LogP contribution in [0.2, 0.25) is 0 Å². The summed E-state index contributed by atoms with van der Waals surface area (Å²) in [5.41, 5.74) is 1.90. The number of para-hydroxylation sites is 1. The molecule has 2 aromatic carbocycles. The van der Waals surface area contributed by atoms with E-state index >= 15 is 0 Å². The summed E-state index contributed by atoms with van der Waals surface area (Å²) in [6.07, 6.45) is 1.98. The number of benzene rings is 2. The van der Waals surface area contributed by atoms with Crippen molar-refractivity contribution in [1.82, 2.24) is 4.90 Å². The molecule has 0 unspecified atom stereocenters. The minimum Gasteiger partial charge on any atom is -0.494 e. The Morgan fingerprint density at radius 2 is 2.00 bits per heavy atom. The molecular formula is C21H21NO3. The second-order valence-electron chi connectivity index (χ2n) is 6.31. The number of rotatable bonds is 4. The molecule has 4 rings (SSSR count). The second-order valence-corrected chi connectivity index (χ2v) is 6.31. The molecule has 1 atom stereocenters. The fraction of sp³-hybridized carbons (Fsp3) is 0.286. The van der Waals surface area contributed by atoms with E-state index in [1.54, 1.807) is 0 Å². The molecule has 0 saturated carbocycles. The van der Waals surface area contributed by atoms with Crippen LogP contribution in [0.4, 0.5) is 0 Å². The van der Waals surface area contributed by atoms with Crippen molar-refractivity contribution in [3.8, 4) is 5.75 Å². The standard InChI is InChI=1S/C21H21NO3/c1-2-24-17-11-9-15(10-12-17)18-7-5-13-22(18)21(23)20-14-16-6-3-4-8-19(16)25-20/h3-4,6,8-12,14,18H,2,5,7,13H2,1H3/t18-/m1/s1. The van der Waals surface area contributed by atoms with Crippen LogP contribution in [-0.2, 0) is 0 Å². The zero-order chi connectivity index (χ0) is 17.2. The van der Waals surface area contributed by atoms with Crippen molar-refractivity contribution in [1.29, 1.82) is 0 Å². The fourth-order valence-electron chi connectivity index (χ4n) is 3.54. The number of carbonyl (C=O) groups excluding carboxylic acids is 1. The number of nitrogens with zero attached hydrogens (tertiary/aromatic N) is 1. The lowest BCUT2D eigenvalue weighted by molar-refractivity contribution is 0.0705. The molecule has 1 aliphatic heterocycles. The highest BCUT2D eigenvalue weighted by Gasteiger charge is 2.32. The zero-order valence-electron chi connectivity index (χ0n) is 14.3. The first-order valence-electron chi connectivity index (χ1n) is 8.78. The molecule has 1 amide bonds. The first-order chi connectivity index (χ1) is 12.3. The van der Waals surface area contributed by atoms with E-state index in [0.29, 0.717) is 12.4 Å². The molecule has 0 bridgehead atoms. The Balaban J connectivity index is 1.58. The third-order valence-electron chi connectivity index (χ3n) is 4.73. The van der Waals surface area contributed by atoms with Crippen molar-refractivity contribution < 1.29 is 13.9 Å². The summed E-state index contributed by atoms with van der Waals surface area (Å²) in [6, 6.07) is 17.7. The Bertz CT molecular complexity index is 849. The van der Waals surface area contributed by atoms with E-state index in [1.807, 2.05) is 54.3 Å². The van der Waals surface area contributed by atoms with E-state index < -0.39 is 0 Å². The van der Waals surface area contributed by atoms with Crippen molar-refractivity contribution in [3.05, 3.63) is 65.9 Å². The van der Waals surface area contributed by atoms with Gasteiger partial charge in [-0.2, -0.15) is 0 Å². The van der Waals surface area contributed by atoms with E-state index in [-0.39, 0.29) is 11.9 Å². The van der Waals surface area contributed by atoms with Gasteiger partial charge in [-0.05, 0) is 49.6 Å². The van der Waals surface area contributed by atoms with Crippen LogP contribution in [0.5, 0.6) is 5.75 Å². The zero-order valence-corrected chi connectivity index (χ0v) is 14.3. The topological polar surface area (TPSA) is 42.7 Å². The van der Waals surface area contributed by atoms with Crippen molar-refractivity contribution in [2.75, 3.05) is 13.2 Å². The Hall–Kier alpha value is -2.75. The summed E-state index contributed by atoms with van der Waals surface area (Å²) < 4.78 is 11.3. The molecule has 1 aliphatic rings. The molecule has 25 heavy (non-hydrogen) atoms. The van der Waals surface area contributed by atoms with E-state index in [2.05, 4.69) is 12.1 Å². The van der Waals surface area contributed by atoms with Crippen molar-refractivity contribution in [2.45, 2.75) is 25.8 Å². The molecule has 1 aromatic heterocycles. The van der Waals surface area contributed by atoms with Gasteiger partial charge >= 0.3 is 0 Å².